The fourth-order valence-corrected chi connectivity index (χ4v) is 2.53. The maximum absolute atomic E-state index is 4.66. The highest BCUT2D eigenvalue weighted by atomic mass is 32.1. The van der Waals surface area contributed by atoms with Crippen LogP contribution in [0.15, 0.2) is 11.1 Å². The van der Waals surface area contributed by atoms with Crippen molar-refractivity contribution in [2.75, 3.05) is 20.1 Å². The Hall–Kier alpha value is -1.03. The third-order valence-electron chi connectivity index (χ3n) is 3.36. The van der Waals surface area contributed by atoms with E-state index < -0.39 is 0 Å². The van der Waals surface area contributed by atoms with Gasteiger partial charge >= 0.3 is 0 Å². The highest BCUT2D eigenvalue weighted by molar-refractivity contribution is 7.78. The first kappa shape index (κ1) is 13.4. The number of likely N-dealkylation sites (tertiary alicyclic amines) is 1. The molecule has 1 aromatic heterocycles. The molecule has 1 fully saturated rings. The van der Waals surface area contributed by atoms with Crippen LogP contribution < -0.4 is 0 Å². The first-order valence-electron chi connectivity index (χ1n) is 6.28. The van der Waals surface area contributed by atoms with Crippen LogP contribution in [0.5, 0.6) is 0 Å². The summed E-state index contributed by atoms with van der Waals surface area (Å²) in [7, 11) is 2.15. The van der Waals surface area contributed by atoms with Crippen molar-refractivity contribution in [2.24, 2.45) is 4.99 Å². The van der Waals surface area contributed by atoms with Crippen molar-refractivity contribution >= 4 is 23.2 Å². The molecule has 2 heterocycles. The van der Waals surface area contributed by atoms with Gasteiger partial charge in [-0.25, -0.2) is 0 Å². The Morgan fingerprint density at radius 1 is 1.50 bits per heavy atom. The Morgan fingerprint density at radius 2 is 2.22 bits per heavy atom. The van der Waals surface area contributed by atoms with E-state index in [0.717, 1.165) is 19.5 Å². The van der Waals surface area contributed by atoms with Crippen LogP contribution in [0.1, 0.15) is 38.9 Å². The lowest BCUT2D eigenvalue weighted by atomic mass is 9.91. The molecule has 1 saturated heterocycles. The number of rotatable bonds is 2. The number of thiocarbonyl (C=S) groups is 1. The molecular weight excluding hydrogens is 244 g/mol. The van der Waals surface area contributed by atoms with E-state index >= 15 is 0 Å². The van der Waals surface area contributed by atoms with Crippen LogP contribution in [-0.2, 0) is 5.41 Å². The van der Waals surface area contributed by atoms with Gasteiger partial charge in [0.15, 0.2) is 5.82 Å². The second kappa shape index (κ2) is 4.92. The summed E-state index contributed by atoms with van der Waals surface area (Å²) in [6, 6.07) is 2.47. The molecule has 0 aliphatic carbocycles. The van der Waals surface area contributed by atoms with Crippen molar-refractivity contribution in [3.05, 3.63) is 11.8 Å². The van der Waals surface area contributed by atoms with E-state index in [4.69, 9.17) is 0 Å². The summed E-state index contributed by atoms with van der Waals surface area (Å²) in [5, 5.41) is 6.97. The largest absolute Gasteiger partial charge is 0.304 e. The molecule has 0 bridgehead atoms. The summed E-state index contributed by atoms with van der Waals surface area (Å²) in [6.45, 7) is 8.77. The zero-order valence-corrected chi connectivity index (χ0v) is 12.3. The zero-order chi connectivity index (χ0) is 13.3. The molecule has 1 aliphatic heterocycles. The average Bonchev–Trinajstić information content (AvgIpc) is 2.83. The number of aliphatic imine (C=N–C) groups is 1. The predicted molar refractivity (Wildman–Crippen MR) is 76.8 cm³/mol. The van der Waals surface area contributed by atoms with E-state index in [1.54, 1.807) is 0 Å². The first-order chi connectivity index (χ1) is 8.41. The lowest BCUT2D eigenvalue weighted by Gasteiger charge is -2.23. The maximum atomic E-state index is 4.66. The second-order valence-corrected chi connectivity index (χ2v) is 6.17. The summed E-state index contributed by atoms with van der Waals surface area (Å²) in [4.78, 5) is 6.35. The normalized spacial score (nSPS) is 21.0. The molecule has 0 spiro atoms. The van der Waals surface area contributed by atoms with E-state index in [0.29, 0.717) is 11.9 Å². The molecule has 98 valence electrons. The molecule has 4 nitrogen and oxygen atoms in total. The van der Waals surface area contributed by atoms with Crippen molar-refractivity contribution < 1.29 is 0 Å². The van der Waals surface area contributed by atoms with E-state index in [2.05, 4.69) is 64.9 Å². The van der Waals surface area contributed by atoms with Crippen molar-refractivity contribution in [3.63, 3.8) is 0 Å². The zero-order valence-electron chi connectivity index (χ0n) is 11.5. The van der Waals surface area contributed by atoms with E-state index in [9.17, 15) is 0 Å². The SMILES string of the molecule is CN1CCC(n2nc(N=C=S)cc2C(C)(C)C)C1. The summed E-state index contributed by atoms with van der Waals surface area (Å²) in [6.07, 6.45) is 1.14. The van der Waals surface area contributed by atoms with Gasteiger partial charge in [-0.05, 0) is 32.2 Å². The molecule has 1 aliphatic rings. The minimum Gasteiger partial charge on any atom is -0.304 e. The molecule has 1 atom stereocenters. The highest BCUT2D eigenvalue weighted by Crippen LogP contribution is 2.31. The number of aromatic nitrogens is 2. The minimum atomic E-state index is 0.0589. The Bertz CT molecular complexity index is 480. The smallest absolute Gasteiger partial charge is 0.184 e. The van der Waals surface area contributed by atoms with Crippen LogP contribution in [0.25, 0.3) is 0 Å². The van der Waals surface area contributed by atoms with Crippen LogP contribution >= 0.6 is 12.2 Å². The summed E-state index contributed by atoms with van der Waals surface area (Å²) in [5.41, 5.74) is 1.27. The Labute approximate surface area is 114 Å². The lowest BCUT2D eigenvalue weighted by Crippen LogP contribution is -2.24. The summed E-state index contributed by atoms with van der Waals surface area (Å²) >= 11 is 4.66. The van der Waals surface area contributed by atoms with Crippen LogP contribution in [-0.4, -0.2) is 40.0 Å². The number of likely N-dealkylation sites (N-methyl/N-ethyl adjacent to an activating group) is 1. The molecule has 5 heteroatoms. The summed E-state index contributed by atoms with van der Waals surface area (Å²) in [5.74, 6) is 0.671. The summed E-state index contributed by atoms with van der Waals surface area (Å²) < 4.78 is 2.13. The van der Waals surface area contributed by atoms with Crippen molar-refractivity contribution in [1.82, 2.24) is 14.7 Å². The molecular formula is C13H20N4S. The van der Waals surface area contributed by atoms with Crippen LogP contribution in [0.4, 0.5) is 5.82 Å². The van der Waals surface area contributed by atoms with Crippen LogP contribution in [0, 0.1) is 0 Å². The minimum absolute atomic E-state index is 0.0589. The molecule has 0 amide bonds. The Kier molecular flexibility index (Phi) is 3.66. The lowest BCUT2D eigenvalue weighted by molar-refractivity contribution is 0.366. The van der Waals surface area contributed by atoms with Crippen molar-refractivity contribution in [3.8, 4) is 0 Å². The van der Waals surface area contributed by atoms with Gasteiger partial charge in [-0.1, -0.05) is 20.8 Å². The van der Waals surface area contributed by atoms with E-state index in [1.165, 1.54) is 5.69 Å². The van der Waals surface area contributed by atoms with E-state index in [1.807, 2.05) is 6.07 Å². The third kappa shape index (κ3) is 2.69. The van der Waals surface area contributed by atoms with E-state index in [-0.39, 0.29) is 5.41 Å². The standard InChI is InChI=1S/C13H20N4S/c1-13(2,3)11-7-12(14-9-18)15-17(11)10-5-6-16(4)8-10/h7,10H,5-6,8H2,1-4H3. The molecule has 1 unspecified atom stereocenters. The highest BCUT2D eigenvalue weighted by Gasteiger charge is 2.28. The van der Waals surface area contributed by atoms with Crippen LogP contribution in [0.3, 0.4) is 0 Å². The Morgan fingerprint density at radius 3 is 2.72 bits per heavy atom. The van der Waals surface area contributed by atoms with Gasteiger partial charge in [0, 0.05) is 23.7 Å². The second-order valence-electron chi connectivity index (χ2n) is 5.99. The molecule has 0 saturated carbocycles. The third-order valence-corrected chi connectivity index (χ3v) is 3.46. The fourth-order valence-electron chi connectivity index (χ4n) is 2.43. The molecule has 2 rings (SSSR count). The molecule has 1 aromatic rings. The van der Waals surface area contributed by atoms with Crippen molar-refractivity contribution in [1.29, 1.82) is 0 Å². The molecule has 0 radical (unpaired) electrons. The molecule has 0 aromatic carbocycles. The van der Waals surface area contributed by atoms with Gasteiger partial charge in [0.1, 0.15) is 0 Å². The molecule has 0 N–H and O–H groups in total. The number of nitrogens with zero attached hydrogens (tertiary/aromatic N) is 4. The van der Waals surface area contributed by atoms with Gasteiger partial charge in [-0.2, -0.15) is 10.1 Å². The van der Waals surface area contributed by atoms with Gasteiger partial charge in [0.05, 0.1) is 11.2 Å². The Balaban J connectivity index is 2.41. The monoisotopic (exact) mass is 264 g/mol. The van der Waals surface area contributed by atoms with Crippen LogP contribution in [0.2, 0.25) is 0 Å². The first-order valence-corrected chi connectivity index (χ1v) is 6.69. The van der Waals surface area contributed by atoms with Gasteiger partial charge in [0.2, 0.25) is 0 Å². The van der Waals surface area contributed by atoms with Gasteiger partial charge < -0.3 is 4.90 Å². The van der Waals surface area contributed by atoms with Gasteiger partial charge in [-0.3, -0.25) is 4.68 Å². The molecule has 18 heavy (non-hydrogen) atoms. The topological polar surface area (TPSA) is 33.4 Å². The predicted octanol–water partition coefficient (Wildman–Crippen LogP) is 2.79. The van der Waals surface area contributed by atoms with Gasteiger partial charge in [-0.15, -0.1) is 0 Å². The number of isothiocyanates is 1. The number of hydrogen-bond acceptors (Lipinski definition) is 4. The quantitative estimate of drug-likeness (QED) is 0.608. The average molecular weight is 264 g/mol. The van der Waals surface area contributed by atoms with Crippen molar-refractivity contribution in [2.45, 2.75) is 38.6 Å². The maximum Gasteiger partial charge on any atom is 0.184 e. The number of hydrogen-bond donors (Lipinski definition) is 0. The van der Waals surface area contributed by atoms with Gasteiger partial charge in [0.25, 0.3) is 0 Å². The fraction of sp³-hybridized carbons (Fsp3) is 0.692.